The Morgan fingerprint density at radius 1 is 1.34 bits per heavy atom. The lowest BCUT2D eigenvalue weighted by Crippen LogP contribution is -2.28. The molecule has 1 atom stereocenters. The first-order valence-electron chi connectivity index (χ1n) is 10.4. The summed E-state index contributed by atoms with van der Waals surface area (Å²) in [6.45, 7) is 0.675. The van der Waals surface area contributed by atoms with Crippen LogP contribution in [-0.2, 0) is 13.0 Å². The molecule has 0 spiro atoms. The predicted octanol–water partition coefficient (Wildman–Crippen LogP) is 4.12. The minimum Gasteiger partial charge on any atom is -0.493 e. The molecule has 0 saturated heterocycles. The van der Waals surface area contributed by atoms with E-state index in [9.17, 15) is 9.90 Å². The van der Waals surface area contributed by atoms with E-state index in [-0.39, 0.29) is 18.3 Å². The molecule has 0 aliphatic carbocycles. The number of methoxy groups -OCH3 is 1. The fourth-order valence-corrected chi connectivity index (χ4v) is 4.53. The smallest absolute Gasteiger partial charge is 0.240 e. The van der Waals surface area contributed by atoms with Gasteiger partial charge in [0.05, 0.1) is 31.8 Å². The minimum atomic E-state index is -0.303. The highest BCUT2D eigenvalue weighted by atomic mass is 35.5. The van der Waals surface area contributed by atoms with Crippen molar-refractivity contribution in [3.8, 4) is 22.8 Å². The largest absolute Gasteiger partial charge is 0.493 e. The summed E-state index contributed by atoms with van der Waals surface area (Å²) < 4.78 is 13.1. The Bertz CT molecular complexity index is 1310. The number of ether oxygens (including phenoxy) is 2. The molecular weight excluding hydrogens is 430 g/mol. The van der Waals surface area contributed by atoms with Crippen LogP contribution in [-0.4, -0.2) is 46.0 Å². The van der Waals surface area contributed by atoms with Crippen LogP contribution in [0, 0.1) is 5.92 Å². The number of nitrogens with one attached hydrogen (secondary N) is 1. The van der Waals surface area contributed by atoms with E-state index in [2.05, 4.69) is 10.2 Å². The summed E-state index contributed by atoms with van der Waals surface area (Å²) in [4.78, 5) is 13.5. The molecule has 2 aromatic carbocycles. The highest BCUT2D eigenvalue weighted by Crippen LogP contribution is 2.35. The van der Waals surface area contributed by atoms with E-state index in [1.54, 1.807) is 19.4 Å². The van der Waals surface area contributed by atoms with E-state index in [4.69, 9.17) is 21.1 Å². The standard InChI is InChI=1S/C24H22ClN3O4/c1-31-24-19(11-26-27-24)14-2-4-18-20(12-28(6-7-29)21(18)10-14)23(30)16-8-15-9-17(25)3-5-22(15)32-13-16/h2-5,9-12,16,29H,6-8,13H2,1H3,(H,26,27)/t16-/m1/s1. The average Bonchev–Trinajstić information content (AvgIpc) is 3.43. The van der Waals surface area contributed by atoms with Gasteiger partial charge in [0.1, 0.15) is 5.75 Å². The first-order valence-corrected chi connectivity index (χ1v) is 10.7. The fraction of sp³-hybridized carbons (Fsp3) is 0.250. The zero-order chi connectivity index (χ0) is 22.2. The van der Waals surface area contributed by atoms with E-state index in [1.165, 1.54) is 0 Å². The molecule has 0 bridgehead atoms. The summed E-state index contributed by atoms with van der Waals surface area (Å²) in [5.41, 5.74) is 4.16. The van der Waals surface area contributed by atoms with Crippen LogP contribution in [0.1, 0.15) is 15.9 Å². The summed E-state index contributed by atoms with van der Waals surface area (Å²) in [5, 5.41) is 18.0. The summed E-state index contributed by atoms with van der Waals surface area (Å²) in [7, 11) is 1.57. The molecule has 2 aromatic heterocycles. The molecule has 1 aliphatic rings. The van der Waals surface area contributed by atoms with Gasteiger partial charge in [-0.1, -0.05) is 23.7 Å². The monoisotopic (exact) mass is 451 g/mol. The van der Waals surface area contributed by atoms with Crippen molar-refractivity contribution >= 4 is 28.3 Å². The molecule has 0 fully saturated rings. The lowest BCUT2D eigenvalue weighted by molar-refractivity contribution is 0.0856. The number of hydrogen-bond donors (Lipinski definition) is 2. The highest BCUT2D eigenvalue weighted by molar-refractivity contribution is 6.30. The van der Waals surface area contributed by atoms with Crippen LogP contribution < -0.4 is 9.47 Å². The number of H-pyrrole nitrogens is 1. The molecule has 4 aromatic rings. The number of aliphatic hydroxyl groups is 1. The van der Waals surface area contributed by atoms with Crippen molar-refractivity contribution in [2.75, 3.05) is 20.3 Å². The third-order valence-electron chi connectivity index (χ3n) is 5.90. The van der Waals surface area contributed by atoms with Crippen LogP contribution in [0.4, 0.5) is 0 Å². The summed E-state index contributed by atoms with van der Waals surface area (Å²) in [6.07, 6.45) is 4.17. The summed E-state index contributed by atoms with van der Waals surface area (Å²) >= 11 is 6.13. The van der Waals surface area contributed by atoms with Gasteiger partial charge in [-0.3, -0.25) is 9.89 Å². The number of rotatable bonds is 6. The first kappa shape index (κ1) is 20.6. The molecule has 164 valence electrons. The van der Waals surface area contributed by atoms with Gasteiger partial charge in [0.15, 0.2) is 5.78 Å². The van der Waals surface area contributed by atoms with Crippen LogP contribution in [0.2, 0.25) is 5.02 Å². The molecule has 0 saturated carbocycles. The number of aliphatic hydroxyl groups excluding tert-OH is 1. The number of carbonyl (C=O) groups is 1. The van der Waals surface area contributed by atoms with Crippen molar-refractivity contribution in [2.45, 2.75) is 13.0 Å². The molecular formula is C24H22ClN3O4. The van der Waals surface area contributed by atoms with Gasteiger partial charge in [0.25, 0.3) is 0 Å². The quantitative estimate of drug-likeness (QED) is 0.430. The van der Waals surface area contributed by atoms with Crippen LogP contribution in [0.3, 0.4) is 0 Å². The fourth-order valence-electron chi connectivity index (χ4n) is 4.34. The number of halogens is 1. The third kappa shape index (κ3) is 3.53. The van der Waals surface area contributed by atoms with E-state index >= 15 is 0 Å². The zero-order valence-electron chi connectivity index (χ0n) is 17.5. The van der Waals surface area contributed by atoms with Crippen LogP contribution >= 0.6 is 11.6 Å². The summed E-state index contributed by atoms with van der Waals surface area (Å²) in [5.74, 6) is 0.992. The summed E-state index contributed by atoms with van der Waals surface area (Å²) in [6, 6.07) is 11.4. The Morgan fingerprint density at radius 2 is 2.22 bits per heavy atom. The van der Waals surface area contributed by atoms with Gasteiger partial charge in [-0.25, -0.2) is 0 Å². The molecule has 7 nitrogen and oxygen atoms in total. The maximum Gasteiger partial charge on any atom is 0.240 e. The Labute approximate surface area is 189 Å². The third-order valence-corrected chi connectivity index (χ3v) is 6.13. The number of hydrogen-bond acceptors (Lipinski definition) is 5. The maximum absolute atomic E-state index is 13.5. The van der Waals surface area contributed by atoms with Gasteiger partial charge < -0.3 is 19.1 Å². The number of nitrogens with zero attached hydrogens (tertiary/aromatic N) is 2. The number of carbonyl (C=O) groups excluding carboxylic acids is 1. The van der Waals surface area contributed by atoms with Gasteiger partial charge in [-0.2, -0.15) is 0 Å². The van der Waals surface area contributed by atoms with E-state index in [0.717, 1.165) is 33.3 Å². The minimum absolute atomic E-state index is 0.0194. The Kier molecular flexibility index (Phi) is 5.36. The molecule has 32 heavy (non-hydrogen) atoms. The SMILES string of the molecule is COc1n[nH]cc1-c1ccc2c(C(=O)[C@H]3COc4ccc(Cl)cc4C3)cn(CCO)c2c1. The van der Waals surface area contributed by atoms with Crippen LogP contribution in [0.15, 0.2) is 48.8 Å². The second-order valence-corrected chi connectivity index (χ2v) is 8.26. The Hall–Kier alpha value is -3.29. The van der Waals surface area contributed by atoms with Crippen LogP contribution in [0.25, 0.3) is 22.0 Å². The number of fused-ring (bicyclic) bond motifs is 2. The topological polar surface area (TPSA) is 89.4 Å². The molecule has 2 N–H and O–H groups in total. The van der Waals surface area contributed by atoms with Gasteiger partial charge >= 0.3 is 0 Å². The van der Waals surface area contributed by atoms with E-state index in [0.29, 0.717) is 36.0 Å². The maximum atomic E-state index is 13.5. The van der Waals surface area contributed by atoms with E-state index < -0.39 is 0 Å². The molecule has 1 aliphatic heterocycles. The molecule has 0 unspecified atom stereocenters. The van der Waals surface area contributed by atoms with Gasteiger partial charge in [0, 0.05) is 40.4 Å². The van der Waals surface area contributed by atoms with Crippen molar-refractivity contribution in [3.05, 3.63) is 64.9 Å². The lowest BCUT2D eigenvalue weighted by Gasteiger charge is -2.24. The number of Topliss-reactive ketones (excluding diaryl/α,β-unsaturated/α-hetero) is 1. The van der Waals surface area contributed by atoms with Gasteiger partial charge in [-0.05, 0) is 41.8 Å². The van der Waals surface area contributed by atoms with Crippen molar-refractivity contribution < 1.29 is 19.4 Å². The van der Waals surface area contributed by atoms with E-state index in [1.807, 2.05) is 41.1 Å². The molecule has 8 heteroatoms. The molecule has 0 amide bonds. The lowest BCUT2D eigenvalue weighted by atomic mass is 9.89. The van der Waals surface area contributed by atoms with Crippen molar-refractivity contribution in [1.82, 2.24) is 14.8 Å². The second kappa shape index (κ2) is 8.33. The molecule has 5 rings (SSSR count). The number of ketones is 1. The van der Waals surface area contributed by atoms with Gasteiger partial charge in [-0.15, -0.1) is 5.10 Å². The normalized spacial score (nSPS) is 15.4. The van der Waals surface area contributed by atoms with Gasteiger partial charge in [0.2, 0.25) is 5.88 Å². The Balaban J connectivity index is 1.53. The molecule has 3 heterocycles. The first-order chi connectivity index (χ1) is 15.6. The van der Waals surface area contributed by atoms with Crippen LogP contribution in [0.5, 0.6) is 11.6 Å². The molecule has 0 radical (unpaired) electrons. The van der Waals surface area contributed by atoms with Crippen molar-refractivity contribution in [1.29, 1.82) is 0 Å². The van der Waals surface area contributed by atoms with Crippen molar-refractivity contribution in [3.63, 3.8) is 0 Å². The second-order valence-electron chi connectivity index (χ2n) is 7.83. The highest BCUT2D eigenvalue weighted by Gasteiger charge is 2.29. The number of benzene rings is 2. The Morgan fingerprint density at radius 3 is 3.03 bits per heavy atom. The number of aromatic amines is 1. The zero-order valence-corrected chi connectivity index (χ0v) is 18.2. The average molecular weight is 452 g/mol. The number of aromatic nitrogens is 3. The van der Waals surface area contributed by atoms with Crippen molar-refractivity contribution in [2.24, 2.45) is 5.92 Å². The predicted molar refractivity (Wildman–Crippen MR) is 122 cm³/mol.